The Kier molecular flexibility index (Phi) is 5.32. The molecule has 33 heavy (non-hydrogen) atoms. The van der Waals surface area contributed by atoms with Crippen molar-refractivity contribution in [2.24, 2.45) is 0 Å². The number of rotatable bonds is 6. The van der Waals surface area contributed by atoms with Gasteiger partial charge in [0.1, 0.15) is 0 Å². The molecule has 1 atom stereocenters. The van der Waals surface area contributed by atoms with Gasteiger partial charge < -0.3 is 10.5 Å². The number of allylic oxidation sites excluding steroid dienone is 1. The molecule has 0 spiro atoms. The van der Waals surface area contributed by atoms with E-state index in [-0.39, 0.29) is 6.04 Å². The second-order valence-electron chi connectivity index (χ2n) is 7.86. The summed E-state index contributed by atoms with van der Waals surface area (Å²) in [6, 6.07) is 25.5. The van der Waals surface area contributed by atoms with E-state index in [9.17, 15) is 9.90 Å². The minimum absolute atomic E-state index is 0.331. The van der Waals surface area contributed by atoms with Crippen molar-refractivity contribution in [3.63, 3.8) is 0 Å². The Labute approximate surface area is 190 Å². The summed E-state index contributed by atoms with van der Waals surface area (Å²) in [5, 5.41) is 26.2. The van der Waals surface area contributed by atoms with Gasteiger partial charge in [0, 0.05) is 11.3 Å². The predicted octanol–water partition coefficient (Wildman–Crippen LogP) is 3.83. The van der Waals surface area contributed by atoms with Crippen LogP contribution >= 0.6 is 0 Å². The van der Waals surface area contributed by atoms with Crippen LogP contribution in [0.2, 0.25) is 0 Å². The molecule has 1 aliphatic rings. The molecular weight excluding hydrogens is 416 g/mol. The fourth-order valence-corrected chi connectivity index (χ4v) is 4.28. The number of aliphatic carboxylic acids is 1. The van der Waals surface area contributed by atoms with Gasteiger partial charge in [0.2, 0.25) is 5.82 Å². The lowest BCUT2D eigenvalue weighted by Gasteiger charge is -2.28. The number of hydrazine groups is 1. The van der Waals surface area contributed by atoms with Crippen molar-refractivity contribution in [2.75, 3.05) is 5.01 Å². The minimum Gasteiger partial charge on any atom is -0.478 e. The lowest BCUT2D eigenvalue weighted by Crippen LogP contribution is -2.41. The van der Waals surface area contributed by atoms with Crippen LogP contribution in [0.5, 0.6) is 0 Å². The first kappa shape index (κ1) is 20.4. The van der Waals surface area contributed by atoms with Gasteiger partial charge in [0.25, 0.3) is 0 Å². The van der Waals surface area contributed by atoms with Crippen LogP contribution in [0.4, 0.5) is 5.69 Å². The van der Waals surface area contributed by atoms with Gasteiger partial charge in [-0.25, -0.2) is 4.79 Å². The number of para-hydroxylation sites is 1. The second-order valence-corrected chi connectivity index (χ2v) is 7.86. The molecule has 8 heteroatoms. The zero-order chi connectivity index (χ0) is 22.8. The van der Waals surface area contributed by atoms with Crippen molar-refractivity contribution in [3.05, 3.63) is 95.7 Å². The number of benzene rings is 3. The van der Waals surface area contributed by atoms with Gasteiger partial charge in [0.05, 0.1) is 17.3 Å². The number of nitrogens with one attached hydrogen (secondary N) is 2. The topological polar surface area (TPSA) is 107 Å². The first-order chi connectivity index (χ1) is 16.1. The number of aromatic nitrogens is 4. The van der Waals surface area contributed by atoms with E-state index in [0.717, 1.165) is 27.9 Å². The van der Waals surface area contributed by atoms with Crippen molar-refractivity contribution >= 4 is 11.7 Å². The summed E-state index contributed by atoms with van der Waals surface area (Å²) in [4.78, 5) is 12.0. The average molecular weight is 438 g/mol. The Balaban J connectivity index is 1.44. The standard InChI is InChI=1S/C25H22N6O2/c1-16-23(25(32)33)22(31(28-16)19-7-3-2-4-8-19)15-17-11-13-18(14-12-17)20-9-5-6-10-21(20)24-26-29-30-27-24/h2-14,22,28H,15H2,1H3,(H,32,33)(H,26,27,29,30). The molecule has 2 heterocycles. The van der Waals surface area contributed by atoms with Crippen LogP contribution in [-0.2, 0) is 11.2 Å². The zero-order valence-corrected chi connectivity index (χ0v) is 17.9. The molecule has 1 aromatic heterocycles. The molecule has 0 fully saturated rings. The van der Waals surface area contributed by atoms with Crippen LogP contribution in [0.15, 0.2) is 90.1 Å². The number of anilines is 1. The highest BCUT2D eigenvalue weighted by molar-refractivity contribution is 5.91. The van der Waals surface area contributed by atoms with E-state index < -0.39 is 5.97 Å². The molecule has 0 bridgehead atoms. The number of carboxylic acids is 1. The van der Waals surface area contributed by atoms with Crippen molar-refractivity contribution in [3.8, 4) is 22.5 Å². The second kappa shape index (κ2) is 8.58. The Bertz CT molecular complexity index is 1300. The molecule has 1 aliphatic heterocycles. The summed E-state index contributed by atoms with van der Waals surface area (Å²) >= 11 is 0. The summed E-state index contributed by atoms with van der Waals surface area (Å²) in [6.07, 6.45) is 0.549. The van der Waals surface area contributed by atoms with Gasteiger partial charge in [-0.15, -0.1) is 10.2 Å². The Morgan fingerprint density at radius 3 is 2.33 bits per heavy atom. The molecule has 164 valence electrons. The number of H-pyrrole nitrogens is 1. The summed E-state index contributed by atoms with van der Waals surface area (Å²) in [5.74, 6) is -0.369. The van der Waals surface area contributed by atoms with E-state index in [0.29, 0.717) is 23.5 Å². The van der Waals surface area contributed by atoms with Gasteiger partial charge in [-0.3, -0.25) is 5.01 Å². The summed E-state index contributed by atoms with van der Waals surface area (Å²) < 4.78 is 0. The van der Waals surface area contributed by atoms with E-state index in [1.807, 2.05) is 83.9 Å². The van der Waals surface area contributed by atoms with Crippen molar-refractivity contribution in [1.29, 1.82) is 0 Å². The third kappa shape index (κ3) is 3.94. The Morgan fingerprint density at radius 1 is 0.970 bits per heavy atom. The molecule has 3 aromatic carbocycles. The molecule has 0 aliphatic carbocycles. The number of carboxylic acid groups (broad SMARTS) is 1. The van der Waals surface area contributed by atoms with Crippen LogP contribution in [0.3, 0.4) is 0 Å². The molecule has 0 radical (unpaired) electrons. The van der Waals surface area contributed by atoms with Crippen LogP contribution in [0.1, 0.15) is 12.5 Å². The summed E-state index contributed by atoms with van der Waals surface area (Å²) in [6.45, 7) is 1.80. The van der Waals surface area contributed by atoms with Gasteiger partial charge in [-0.2, -0.15) is 5.21 Å². The number of aromatic amines is 1. The largest absolute Gasteiger partial charge is 0.478 e. The van der Waals surface area contributed by atoms with Gasteiger partial charge in [-0.05, 0) is 47.4 Å². The number of tetrazole rings is 1. The number of nitrogens with zero attached hydrogens (tertiary/aromatic N) is 4. The maximum absolute atomic E-state index is 12.0. The normalized spacial score (nSPS) is 15.5. The highest BCUT2D eigenvalue weighted by atomic mass is 16.4. The van der Waals surface area contributed by atoms with E-state index in [1.54, 1.807) is 6.92 Å². The molecule has 8 nitrogen and oxygen atoms in total. The van der Waals surface area contributed by atoms with E-state index in [4.69, 9.17) is 0 Å². The SMILES string of the molecule is CC1=C(C(=O)O)C(Cc2ccc(-c3ccccc3-c3nn[nH]n3)cc2)N(c2ccccc2)N1. The third-order valence-electron chi connectivity index (χ3n) is 5.81. The molecule has 0 saturated carbocycles. The fraction of sp³-hybridized carbons (Fsp3) is 0.120. The quantitative estimate of drug-likeness (QED) is 0.420. The van der Waals surface area contributed by atoms with E-state index in [2.05, 4.69) is 26.0 Å². The molecule has 0 amide bonds. The maximum atomic E-state index is 12.0. The van der Waals surface area contributed by atoms with E-state index in [1.165, 1.54) is 0 Å². The van der Waals surface area contributed by atoms with Gasteiger partial charge >= 0.3 is 5.97 Å². The van der Waals surface area contributed by atoms with E-state index >= 15 is 0 Å². The maximum Gasteiger partial charge on any atom is 0.335 e. The third-order valence-corrected chi connectivity index (χ3v) is 5.81. The van der Waals surface area contributed by atoms with Crippen LogP contribution in [-0.4, -0.2) is 37.7 Å². The van der Waals surface area contributed by atoms with Crippen LogP contribution < -0.4 is 10.4 Å². The molecule has 4 aromatic rings. The first-order valence-corrected chi connectivity index (χ1v) is 10.6. The van der Waals surface area contributed by atoms with Gasteiger partial charge in [0.15, 0.2) is 0 Å². The molecule has 0 saturated heterocycles. The Morgan fingerprint density at radius 2 is 1.67 bits per heavy atom. The predicted molar refractivity (Wildman–Crippen MR) is 125 cm³/mol. The smallest absolute Gasteiger partial charge is 0.335 e. The van der Waals surface area contributed by atoms with Crippen molar-refractivity contribution in [1.82, 2.24) is 26.0 Å². The minimum atomic E-state index is -0.908. The molecule has 3 N–H and O–H groups in total. The Hall–Kier alpha value is -4.46. The monoisotopic (exact) mass is 438 g/mol. The van der Waals surface area contributed by atoms with Crippen LogP contribution in [0.25, 0.3) is 22.5 Å². The molecule has 5 rings (SSSR count). The number of hydrogen-bond acceptors (Lipinski definition) is 6. The number of hydrogen-bond donors (Lipinski definition) is 3. The van der Waals surface area contributed by atoms with Crippen molar-refractivity contribution < 1.29 is 9.90 Å². The van der Waals surface area contributed by atoms with Crippen LogP contribution in [0, 0.1) is 0 Å². The summed E-state index contributed by atoms with van der Waals surface area (Å²) in [7, 11) is 0. The fourth-order valence-electron chi connectivity index (χ4n) is 4.28. The average Bonchev–Trinajstić information content (AvgIpc) is 3.48. The highest BCUT2D eigenvalue weighted by Crippen LogP contribution is 2.32. The lowest BCUT2D eigenvalue weighted by atomic mass is 9.94. The number of carbonyl (C=O) groups is 1. The highest BCUT2D eigenvalue weighted by Gasteiger charge is 2.35. The lowest BCUT2D eigenvalue weighted by molar-refractivity contribution is -0.132. The first-order valence-electron chi connectivity index (χ1n) is 10.6. The van der Waals surface area contributed by atoms with Crippen molar-refractivity contribution in [2.45, 2.75) is 19.4 Å². The summed E-state index contributed by atoms with van der Waals surface area (Å²) in [5.41, 5.74) is 9.15. The zero-order valence-electron chi connectivity index (χ0n) is 17.9. The van der Waals surface area contributed by atoms with Gasteiger partial charge in [-0.1, -0.05) is 66.7 Å². The molecule has 1 unspecified atom stereocenters. The molecular formula is C25H22N6O2.